The fourth-order valence-electron chi connectivity index (χ4n) is 7.19. The number of ether oxygens (including phenoxy) is 3. The van der Waals surface area contributed by atoms with Crippen LogP contribution in [0, 0.1) is 0 Å². The number of carbonyl (C=O) groups is 2. The second kappa shape index (κ2) is 18.9. The zero-order valence-corrected chi connectivity index (χ0v) is 34.3. The maximum atomic E-state index is 13.1. The van der Waals surface area contributed by atoms with Crippen LogP contribution in [0.25, 0.3) is 10.9 Å². The largest absolute Gasteiger partial charge is 0.506 e. The number of carbonyl (C=O) groups excluding carboxylic acids is 1. The molecular weight excluding hydrogens is 792 g/mol. The predicted octanol–water partition coefficient (Wildman–Crippen LogP) is 5.97. The van der Waals surface area contributed by atoms with Crippen molar-refractivity contribution in [1.82, 2.24) is 20.1 Å². The minimum absolute atomic E-state index is 0.0844. The molecule has 57 heavy (non-hydrogen) atoms. The molecular formula is C41H47ClN4O9S2. The molecule has 1 saturated carbocycles. The van der Waals surface area contributed by atoms with Crippen molar-refractivity contribution in [2.45, 2.75) is 56.1 Å². The predicted molar refractivity (Wildman–Crippen MR) is 221 cm³/mol. The molecule has 1 aliphatic rings. The number of carboxylic acids is 1. The summed E-state index contributed by atoms with van der Waals surface area (Å²) in [7, 11) is 5.29. The van der Waals surface area contributed by atoms with Gasteiger partial charge in [-0.05, 0) is 79.4 Å². The molecule has 1 fully saturated rings. The van der Waals surface area contributed by atoms with Crippen LogP contribution in [0.3, 0.4) is 0 Å². The van der Waals surface area contributed by atoms with Gasteiger partial charge in [0.25, 0.3) is 5.91 Å². The van der Waals surface area contributed by atoms with Crippen LogP contribution in [0.2, 0.25) is 5.02 Å². The van der Waals surface area contributed by atoms with Crippen LogP contribution < -0.4 is 20.3 Å². The number of aliphatic hydroxyl groups excluding tert-OH is 1. The van der Waals surface area contributed by atoms with Crippen molar-refractivity contribution in [1.29, 1.82) is 0 Å². The number of aromatic amines is 1. The number of aliphatic carboxylic acids is 1. The Morgan fingerprint density at radius 1 is 1.00 bits per heavy atom. The SMILES string of the molecule is COc1cc(OCC(=O)N(C)CCN(C)C2CCC(OC(C(=O)O)(c3cccs3)c3cccs3)CC2)c(Cl)cc1CNC[C@H](O)c1ccc(O)c2[nH]c(=O)ccc12. The number of aliphatic hydroxyl groups is 1. The number of hydrogen-bond donors (Lipinski definition) is 5. The van der Waals surface area contributed by atoms with Gasteiger partial charge < -0.3 is 49.6 Å². The average molecular weight is 839 g/mol. The van der Waals surface area contributed by atoms with Gasteiger partial charge >= 0.3 is 5.97 Å². The maximum absolute atomic E-state index is 13.1. The van der Waals surface area contributed by atoms with Crippen LogP contribution in [0.15, 0.2) is 76.2 Å². The van der Waals surface area contributed by atoms with Gasteiger partial charge in [-0.2, -0.15) is 0 Å². The van der Waals surface area contributed by atoms with Crippen LogP contribution in [-0.2, 0) is 26.5 Å². The average Bonchev–Trinajstić information content (AvgIpc) is 3.95. The van der Waals surface area contributed by atoms with Crippen molar-refractivity contribution in [2.24, 2.45) is 0 Å². The highest BCUT2D eigenvalue weighted by Gasteiger charge is 2.48. The Bertz CT molecular complexity index is 2160. The fraction of sp³-hybridized carbons (Fsp3) is 0.390. The quantitative estimate of drug-likeness (QED) is 0.0704. The number of nitrogens with zero attached hydrogens (tertiary/aromatic N) is 2. The van der Waals surface area contributed by atoms with E-state index >= 15 is 0 Å². The molecule has 13 nitrogen and oxygen atoms in total. The summed E-state index contributed by atoms with van der Waals surface area (Å²) in [4.78, 5) is 45.4. The van der Waals surface area contributed by atoms with E-state index in [-0.39, 0.29) is 48.0 Å². The van der Waals surface area contributed by atoms with E-state index < -0.39 is 17.7 Å². The fourth-order valence-corrected chi connectivity index (χ4v) is 9.24. The molecule has 1 atom stereocenters. The molecule has 0 saturated heterocycles. The Hall–Kier alpha value is -4.48. The molecule has 5 aromatic rings. The zero-order chi connectivity index (χ0) is 40.7. The van der Waals surface area contributed by atoms with Gasteiger partial charge in [-0.1, -0.05) is 29.8 Å². The standard InChI is InChI=1S/C41H47ClN4O9S2/c1-45(26-8-10-27(11-9-26)55-41(40(51)52,35-6-4-18-56-35)36-7-5-19-57-36)16-17-46(2)38(50)24-54-34-21-33(53-3)25(20-30(34)42)22-43-23-32(48)28-12-14-31(47)39-29(28)13-15-37(49)44-39/h4-7,12-15,18-21,26-27,32,43,47-48H,8-11,16-17,22-24H2,1-3H3,(H,44,49)(H,51,52)/t26?,27?,32-/m0/s1. The first-order valence-electron chi connectivity index (χ1n) is 18.6. The molecule has 6 rings (SSSR count). The Labute approximate surface area is 343 Å². The van der Waals surface area contributed by atoms with Crippen LogP contribution in [0.5, 0.6) is 17.2 Å². The van der Waals surface area contributed by atoms with Gasteiger partial charge in [-0.15, -0.1) is 22.7 Å². The Balaban J connectivity index is 0.957. The Morgan fingerprint density at radius 2 is 1.70 bits per heavy atom. The molecule has 0 aliphatic heterocycles. The van der Waals surface area contributed by atoms with Crippen molar-refractivity contribution < 1.29 is 39.1 Å². The summed E-state index contributed by atoms with van der Waals surface area (Å²) in [6.07, 6.45) is 2.00. The number of carboxylic acid groups (broad SMARTS) is 1. The van der Waals surface area contributed by atoms with Gasteiger partial charge in [-0.25, -0.2) is 4.79 Å². The highest BCUT2D eigenvalue weighted by Crippen LogP contribution is 2.42. The lowest BCUT2D eigenvalue weighted by atomic mass is 9.90. The van der Waals surface area contributed by atoms with Gasteiger partial charge in [0.2, 0.25) is 11.2 Å². The van der Waals surface area contributed by atoms with Crippen molar-refractivity contribution >= 4 is 57.1 Å². The second-order valence-corrected chi connectivity index (χ2v) is 16.4. The van der Waals surface area contributed by atoms with Gasteiger partial charge in [0.15, 0.2) is 6.61 Å². The molecule has 3 aromatic heterocycles. The zero-order valence-electron chi connectivity index (χ0n) is 31.9. The molecule has 0 radical (unpaired) electrons. The van der Waals surface area contributed by atoms with Gasteiger partial charge in [0, 0.05) is 62.4 Å². The van der Waals surface area contributed by atoms with E-state index in [0.29, 0.717) is 62.4 Å². The van der Waals surface area contributed by atoms with Crippen molar-refractivity contribution in [3.63, 3.8) is 0 Å². The molecule has 0 spiro atoms. The summed E-state index contributed by atoms with van der Waals surface area (Å²) in [6.45, 7) is 1.36. The van der Waals surface area contributed by atoms with Crippen LogP contribution in [0.1, 0.15) is 52.7 Å². The molecule has 1 amide bonds. The number of phenols is 1. The lowest BCUT2D eigenvalue weighted by Crippen LogP contribution is -2.45. The minimum atomic E-state index is -1.52. The number of aromatic hydroxyl groups is 1. The van der Waals surface area contributed by atoms with E-state index in [1.807, 2.05) is 42.1 Å². The third-order valence-electron chi connectivity index (χ3n) is 10.5. The highest BCUT2D eigenvalue weighted by molar-refractivity contribution is 7.12. The number of amides is 1. The van der Waals surface area contributed by atoms with Crippen molar-refractivity contribution in [3.8, 4) is 17.2 Å². The number of benzene rings is 2. The monoisotopic (exact) mass is 838 g/mol. The summed E-state index contributed by atoms with van der Waals surface area (Å²) in [5.41, 5.74) is -0.369. The van der Waals surface area contributed by atoms with Gasteiger partial charge in [0.1, 0.15) is 17.2 Å². The number of thiophene rings is 2. The van der Waals surface area contributed by atoms with Crippen LogP contribution in [-0.4, -0.2) is 102 Å². The minimum Gasteiger partial charge on any atom is -0.506 e. The van der Waals surface area contributed by atoms with Gasteiger partial charge in [0.05, 0.1) is 39.6 Å². The molecule has 16 heteroatoms. The first-order chi connectivity index (χ1) is 27.4. The normalized spacial score (nSPS) is 16.5. The molecule has 304 valence electrons. The summed E-state index contributed by atoms with van der Waals surface area (Å²) in [5.74, 6) is -0.526. The maximum Gasteiger partial charge on any atom is 0.347 e. The lowest BCUT2D eigenvalue weighted by Gasteiger charge is -2.38. The number of hydrogen-bond acceptors (Lipinski definition) is 12. The number of halogens is 1. The molecule has 5 N–H and O–H groups in total. The number of fused-ring (bicyclic) bond motifs is 1. The van der Waals surface area contributed by atoms with Gasteiger partial charge in [-0.3, -0.25) is 9.59 Å². The highest BCUT2D eigenvalue weighted by atomic mass is 35.5. The van der Waals surface area contributed by atoms with E-state index in [1.165, 1.54) is 41.9 Å². The summed E-state index contributed by atoms with van der Waals surface area (Å²) < 4.78 is 18.0. The number of nitrogens with one attached hydrogen (secondary N) is 2. The number of likely N-dealkylation sites (N-methyl/N-ethyl adjacent to an activating group) is 2. The van der Waals surface area contributed by atoms with E-state index in [4.69, 9.17) is 25.8 Å². The number of aromatic nitrogens is 1. The lowest BCUT2D eigenvalue weighted by molar-refractivity contribution is -0.170. The van der Waals surface area contributed by atoms with E-state index in [0.717, 1.165) is 25.7 Å². The summed E-state index contributed by atoms with van der Waals surface area (Å²) in [6, 6.07) is 16.9. The molecule has 0 unspecified atom stereocenters. The molecule has 0 bridgehead atoms. The first kappa shape index (κ1) is 42.1. The third kappa shape index (κ3) is 9.63. The number of pyridine rings is 1. The van der Waals surface area contributed by atoms with E-state index in [1.54, 1.807) is 36.2 Å². The number of methoxy groups -OCH3 is 1. The van der Waals surface area contributed by atoms with Crippen molar-refractivity contribution in [3.05, 3.63) is 108 Å². The molecule has 3 heterocycles. The summed E-state index contributed by atoms with van der Waals surface area (Å²) >= 11 is 9.35. The summed E-state index contributed by atoms with van der Waals surface area (Å²) in [5, 5.41) is 39.3. The smallest absolute Gasteiger partial charge is 0.347 e. The topological polar surface area (TPSA) is 174 Å². The van der Waals surface area contributed by atoms with Crippen LogP contribution >= 0.6 is 34.3 Å². The van der Waals surface area contributed by atoms with E-state index in [2.05, 4.69) is 15.2 Å². The van der Waals surface area contributed by atoms with Crippen LogP contribution in [0.4, 0.5) is 0 Å². The van der Waals surface area contributed by atoms with E-state index in [9.17, 15) is 29.7 Å². The Kier molecular flexibility index (Phi) is 13.9. The Morgan fingerprint density at radius 3 is 2.33 bits per heavy atom. The second-order valence-electron chi connectivity index (χ2n) is 14.1. The third-order valence-corrected chi connectivity index (χ3v) is 12.7. The number of H-pyrrole nitrogens is 1. The number of phenolic OH excluding ortho intramolecular Hbond substituents is 1. The first-order valence-corrected chi connectivity index (χ1v) is 20.7. The molecule has 2 aromatic carbocycles. The number of rotatable bonds is 18. The molecule has 1 aliphatic carbocycles. The van der Waals surface area contributed by atoms with Crippen molar-refractivity contribution in [2.75, 3.05) is 47.4 Å².